The second-order valence-electron chi connectivity index (χ2n) is 6.50. The smallest absolute Gasteiger partial charge is 0.338 e. The van der Waals surface area contributed by atoms with Gasteiger partial charge in [-0.05, 0) is 43.7 Å². The second-order valence-corrected chi connectivity index (χ2v) is 8.63. The molecule has 9 heteroatoms. The van der Waals surface area contributed by atoms with Crippen LogP contribution in [0.3, 0.4) is 0 Å². The largest absolute Gasteiger partial charge is 0.495 e. The van der Waals surface area contributed by atoms with Gasteiger partial charge in [0.15, 0.2) is 6.10 Å². The zero-order chi connectivity index (χ0) is 21.8. The molecule has 0 aromatic heterocycles. The Hall–Kier alpha value is -2.91. The number of hydrogen-bond acceptors (Lipinski definition) is 6. The highest BCUT2D eigenvalue weighted by Crippen LogP contribution is 2.27. The number of rotatable bonds is 7. The zero-order valence-corrected chi connectivity index (χ0v) is 17.7. The van der Waals surface area contributed by atoms with Crippen molar-refractivity contribution < 1.29 is 27.5 Å². The Balaban J connectivity index is 2.20. The van der Waals surface area contributed by atoms with Crippen LogP contribution in [0.1, 0.15) is 22.8 Å². The van der Waals surface area contributed by atoms with Crippen LogP contribution in [-0.2, 0) is 19.6 Å². The van der Waals surface area contributed by atoms with E-state index in [0.29, 0.717) is 5.69 Å². The van der Waals surface area contributed by atoms with E-state index in [2.05, 4.69) is 5.32 Å². The summed E-state index contributed by atoms with van der Waals surface area (Å²) < 4.78 is 36.3. The van der Waals surface area contributed by atoms with Crippen LogP contribution in [0.25, 0.3) is 0 Å². The summed E-state index contributed by atoms with van der Waals surface area (Å²) in [5.74, 6) is -1.22. The number of ether oxygens (including phenoxy) is 2. The van der Waals surface area contributed by atoms with Crippen molar-refractivity contribution in [2.45, 2.75) is 24.8 Å². The molecule has 0 spiro atoms. The Morgan fingerprint density at radius 3 is 2.34 bits per heavy atom. The molecule has 0 aliphatic carbocycles. The molecule has 8 nitrogen and oxygen atoms in total. The summed E-state index contributed by atoms with van der Waals surface area (Å²) in [6.07, 6.45) is -1.09. The molecule has 0 bridgehead atoms. The fourth-order valence-corrected chi connectivity index (χ4v) is 3.51. The van der Waals surface area contributed by atoms with Gasteiger partial charge in [0, 0.05) is 19.8 Å². The van der Waals surface area contributed by atoms with E-state index in [1.54, 1.807) is 12.1 Å². The Labute approximate surface area is 170 Å². The number of carbonyl (C=O) groups excluding carboxylic acids is 2. The fraction of sp³-hybridized carbons (Fsp3) is 0.300. The van der Waals surface area contributed by atoms with Crippen molar-refractivity contribution >= 4 is 27.6 Å². The van der Waals surface area contributed by atoms with Crippen LogP contribution in [0.4, 0.5) is 5.69 Å². The third-order valence-corrected chi connectivity index (χ3v) is 6.05. The predicted molar refractivity (Wildman–Crippen MR) is 109 cm³/mol. The number of nitrogens with one attached hydrogen (secondary N) is 1. The summed E-state index contributed by atoms with van der Waals surface area (Å²) in [5.41, 5.74) is 1.47. The SMILES string of the molecule is COc1ccc(C(=O)OC(C)C(=O)Nc2ccccc2C)cc1S(=O)(=O)N(C)C. The van der Waals surface area contributed by atoms with Gasteiger partial charge in [0.2, 0.25) is 10.0 Å². The van der Waals surface area contributed by atoms with Gasteiger partial charge in [0.1, 0.15) is 10.6 Å². The maximum atomic E-state index is 12.5. The standard InChI is InChI=1S/C20H24N2O6S/c1-13-8-6-7-9-16(13)21-19(23)14(2)28-20(24)15-10-11-17(27-5)18(12-15)29(25,26)22(3)4/h6-12,14H,1-5H3,(H,21,23). The van der Waals surface area contributed by atoms with E-state index >= 15 is 0 Å². The van der Waals surface area contributed by atoms with Gasteiger partial charge in [-0.15, -0.1) is 0 Å². The maximum Gasteiger partial charge on any atom is 0.338 e. The van der Waals surface area contributed by atoms with Crippen molar-refractivity contribution in [2.75, 3.05) is 26.5 Å². The number of sulfonamides is 1. The highest BCUT2D eigenvalue weighted by molar-refractivity contribution is 7.89. The van der Waals surface area contributed by atoms with E-state index in [-0.39, 0.29) is 16.2 Å². The number of anilines is 1. The highest BCUT2D eigenvalue weighted by Gasteiger charge is 2.25. The first-order chi connectivity index (χ1) is 13.6. The molecule has 1 N–H and O–H groups in total. The van der Waals surface area contributed by atoms with Gasteiger partial charge in [-0.2, -0.15) is 0 Å². The van der Waals surface area contributed by atoms with Crippen LogP contribution in [0, 0.1) is 6.92 Å². The van der Waals surface area contributed by atoms with Crippen LogP contribution < -0.4 is 10.1 Å². The minimum Gasteiger partial charge on any atom is -0.495 e. The van der Waals surface area contributed by atoms with Gasteiger partial charge in [-0.3, -0.25) is 4.79 Å². The Morgan fingerprint density at radius 2 is 1.76 bits per heavy atom. The van der Waals surface area contributed by atoms with Gasteiger partial charge in [0.25, 0.3) is 5.91 Å². The number of amides is 1. The lowest BCUT2D eigenvalue weighted by atomic mass is 10.2. The normalized spacial score (nSPS) is 12.3. The van der Waals surface area contributed by atoms with Gasteiger partial charge in [0.05, 0.1) is 12.7 Å². The minimum absolute atomic E-state index is 0.0123. The molecular formula is C20H24N2O6S. The summed E-state index contributed by atoms with van der Waals surface area (Å²) >= 11 is 0. The maximum absolute atomic E-state index is 12.5. The van der Waals surface area contributed by atoms with Gasteiger partial charge in [-0.25, -0.2) is 17.5 Å². The number of aryl methyl sites for hydroxylation is 1. The van der Waals surface area contributed by atoms with Crippen LogP contribution in [0.15, 0.2) is 47.4 Å². The van der Waals surface area contributed by atoms with Crippen molar-refractivity contribution in [1.82, 2.24) is 4.31 Å². The molecule has 0 saturated carbocycles. The van der Waals surface area contributed by atoms with Crippen LogP contribution >= 0.6 is 0 Å². The molecule has 1 atom stereocenters. The van der Waals surface area contributed by atoms with E-state index in [1.165, 1.54) is 46.3 Å². The number of methoxy groups -OCH3 is 1. The topological polar surface area (TPSA) is 102 Å². The minimum atomic E-state index is -3.84. The van der Waals surface area contributed by atoms with Crippen molar-refractivity contribution in [1.29, 1.82) is 0 Å². The van der Waals surface area contributed by atoms with Gasteiger partial charge < -0.3 is 14.8 Å². The first-order valence-corrected chi connectivity index (χ1v) is 10.2. The monoisotopic (exact) mass is 420 g/mol. The number of nitrogens with zero attached hydrogens (tertiary/aromatic N) is 1. The van der Waals surface area contributed by atoms with Crippen molar-refractivity contribution in [3.05, 3.63) is 53.6 Å². The van der Waals surface area contributed by atoms with Crippen LogP contribution in [-0.4, -0.2) is 51.9 Å². The molecule has 1 unspecified atom stereocenters. The molecule has 29 heavy (non-hydrogen) atoms. The molecule has 156 valence electrons. The molecule has 0 aliphatic rings. The third-order valence-electron chi connectivity index (χ3n) is 4.21. The molecule has 2 rings (SSSR count). The van der Waals surface area contributed by atoms with E-state index in [4.69, 9.17) is 9.47 Å². The number of hydrogen-bond donors (Lipinski definition) is 1. The van der Waals surface area contributed by atoms with E-state index in [0.717, 1.165) is 9.87 Å². The zero-order valence-electron chi connectivity index (χ0n) is 16.9. The molecule has 0 fully saturated rings. The Bertz CT molecular complexity index is 1020. The summed E-state index contributed by atoms with van der Waals surface area (Å²) in [4.78, 5) is 24.6. The summed E-state index contributed by atoms with van der Waals surface area (Å²) in [6, 6.07) is 11.1. The lowest BCUT2D eigenvalue weighted by Crippen LogP contribution is -2.30. The van der Waals surface area contributed by atoms with Gasteiger partial charge >= 0.3 is 5.97 Å². The molecule has 1 amide bonds. The molecule has 0 heterocycles. The summed E-state index contributed by atoms with van der Waals surface area (Å²) in [7, 11) is 0.234. The van der Waals surface area contributed by atoms with Gasteiger partial charge in [-0.1, -0.05) is 18.2 Å². The lowest BCUT2D eigenvalue weighted by Gasteiger charge is -2.17. The Kier molecular flexibility index (Phi) is 6.99. The molecule has 0 saturated heterocycles. The van der Waals surface area contributed by atoms with E-state index in [1.807, 2.05) is 19.1 Å². The van der Waals surface area contributed by atoms with Crippen molar-refractivity contribution in [3.63, 3.8) is 0 Å². The summed E-state index contributed by atoms with van der Waals surface area (Å²) in [6.45, 7) is 3.28. The quantitative estimate of drug-likeness (QED) is 0.691. The first kappa shape index (κ1) is 22.4. The number of carbonyl (C=O) groups is 2. The number of para-hydroxylation sites is 1. The average Bonchev–Trinajstić information content (AvgIpc) is 2.68. The molecule has 2 aromatic carbocycles. The number of benzene rings is 2. The lowest BCUT2D eigenvalue weighted by molar-refractivity contribution is -0.123. The predicted octanol–water partition coefficient (Wildman–Crippen LogP) is 2.44. The molecular weight excluding hydrogens is 396 g/mol. The average molecular weight is 420 g/mol. The van der Waals surface area contributed by atoms with Crippen LogP contribution in [0.5, 0.6) is 5.75 Å². The fourth-order valence-electron chi connectivity index (χ4n) is 2.43. The third kappa shape index (κ3) is 5.12. The van der Waals surface area contributed by atoms with Crippen molar-refractivity contribution in [3.8, 4) is 5.75 Å². The van der Waals surface area contributed by atoms with E-state index in [9.17, 15) is 18.0 Å². The molecule has 2 aromatic rings. The first-order valence-electron chi connectivity index (χ1n) is 8.76. The second kappa shape index (κ2) is 9.06. The summed E-state index contributed by atoms with van der Waals surface area (Å²) in [5, 5.41) is 2.70. The Morgan fingerprint density at radius 1 is 1.10 bits per heavy atom. The van der Waals surface area contributed by atoms with E-state index < -0.39 is 28.0 Å². The molecule has 0 aliphatic heterocycles. The van der Waals surface area contributed by atoms with Crippen LogP contribution in [0.2, 0.25) is 0 Å². The van der Waals surface area contributed by atoms with Crippen molar-refractivity contribution in [2.24, 2.45) is 0 Å². The highest BCUT2D eigenvalue weighted by atomic mass is 32.2. The molecule has 0 radical (unpaired) electrons. The number of esters is 1.